The summed E-state index contributed by atoms with van der Waals surface area (Å²) in [7, 11) is -2.88. The molecule has 0 saturated carbocycles. The molecule has 1 amide bonds. The van der Waals surface area contributed by atoms with Crippen LogP contribution in [0.3, 0.4) is 0 Å². The Labute approximate surface area is 100 Å². The smallest absolute Gasteiger partial charge is 0.253 e. The van der Waals surface area contributed by atoms with E-state index in [0.29, 0.717) is 18.4 Å². The van der Waals surface area contributed by atoms with Gasteiger partial charge in [0.15, 0.2) is 0 Å². The van der Waals surface area contributed by atoms with Crippen LogP contribution in [0.25, 0.3) is 0 Å². The first-order valence-corrected chi connectivity index (χ1v) is 7.30. The molecule has 5 nitrogen and oxygen atoms in total. The van der Waals surface area contributed by atoms with E-state index in [0.717, 1.165) is 0 Å². The van der Waals surface area contributed by atoms with E-state index in [9.17, 15) is 13.2 Å². The lowest BCUT2D eigenvalue weighted by Gasteiger charge is -2.22. The molecule has 17 heavy (non-hydrogen) atoms. The van der Waals surface area contributed by atoms with E-state index in [4.69, 9.17) is 0 Å². The zero-order valence-electron chi connectivity index (χ0n) is 9.30. The van der Waals surface area contributed by atoms with Gasteiger partial charge < -0.3 is 5.32 Å². The molecular weight excluding hydrogens is 240 g/mol. The van der Waals surface area contributed by atoms with Gasteiger partial charge in [-0.05, 0) is 25.0 Å². The third-order valence-corrected chi connectivity index (χ3v) is 4.53. The van der Waals surface area contributed by atoms with E-state index in [1.165, 1.54) is 6.20 Å². The molecule has 1 aromatic heterocycles. The lowest BCUT2D eigenvalue weighted by Crippen LogP contribution is -2.40. The number of carbonyl (C=O) groups excluding carboxylic acids is 1. The number of pyridine rings is 1. The molecule has 1 aliphatic heterocycles. The Balaban J connectivity index is 1.93. The molecule has 0 spiro atoms. The molecule has 0 unspecified atom stereocenters. The molecular formula is C11H14N2O3S. The van der Waals surface area contributed by atoms with Crippen molar-refractivity contribution in [2.75, 3.05) is 11.5 Å². The first-order chi connectivity index (χ1) is 8.07. The number of sulfone groups is 1. The van der Waals surface area contributed by atoms with Gasteiger partial charge in [-0.15, -0.1) is 0 Å². The van der Waals surface area contributed by atoms with E-state index >= 15 is 0 Å². The highest BCUT2D eigenvalue weighted by Gasteiger charge is 2.24. The van der Waals surface area contributed by atoms with Gasteiger partial charge >= 0.3 is 0 Å². The van der Waals surface area contributed by atoms with Crippen LogP contribution >= 0.6 is 0 Å². The monoisotopic (exact) mass is 254 g/mol. The molecule has 2 heterocycles. The summed E-state index contributed by atoms with van der Waals surface area (Å²) in [6, 6.07) is 3.33. The van der Waals surface area contributed by atoms with Crippen molar-refractivity contribution < 1.29 is 13.2 Å². The standard InChI is InChI=1S/C11H14N2O3S/c14-11(9-2-1-5-12-8-9)13-10-3-6-17(15,16)7-4-10/h1-2,5,8,10H,3-4,6-7H2,(H,13,14). The van der Waals surface area contributed by atoms with Crippen LogP contribution in [0, 0.1) is 0 Å². The van der Waals surface area contributed by atoms with Gasteiger partial charge in [0.2, 0.25) is 0 Å². The minimum Gasteiger partial charge on any atom is -0.349 e. The molecule has 1 N–H and O–H groups in total. The Kier molecular flexibility index (Phi) is 3.42. The number of aromatic nitrogens is 1. The van der Waals surface area contributed by atoms with Gasteiger partial charge in [-0.2, -0.15) is 0 Å². The second-order valence-corrected chi connectivity index (χ2v) is 6.44. The molecule has 0 bridgehead atoms. The van der Waals surface area contributed by atoms with E-state index in [2.05, 4.69) is 10.3 Å². The summed E-state index contributed by atoms with van der Waals surface area (Å²) in [5.41, 5.74) is 0.501. The molecule has 0 aromatic carbocycles. The van der Waals surface area contributed by atoms with E-state index in [-0.39, 0.29) is 23.5 Å². The zero-order valence-corrected chi connectivity index (χ0v) is 10.1. The van der Waals surface area contributed by atoms with E-state index in [1.54, 1.807) is 18.3 Å². The number of amides is 1. The van der Waals surface area contributed by atoms with Gasteiger partial charge in [-0.25, -0.2) is 8.42 Å². The molecule has 0 atom stereocenters. The Morgan fingerprint density at radius 3 is 2.65 bits per heavy atom. The number of carbonyl (C=O) groups is 1. The first kappa shape index (κ1) is 12.0. The number of nitrogens with zero attached hydrogens (tertiary/aromatic N) is 1. The van der Waals surface area contributed by atoms with Crippen molar-refractivity contribution in [3.8, 4) is 0 Å². The summed E-state index contributed by atoms with van der Waals surface area (Å²) in [6.45, 7) is 0. The lowest BCUT2D eigenvalue weighted by atomic mass is 10.1. The average Bonchev–Trinajstić information content (AvgIpc) is 2.33. The van der Waals surface area contributed by atoms with Gasteiger partial charge in [0.05, 0.1) is 17.1 Å². The van der Waals surface area contributed by atoms with Gasteiger partial charge in [-0.1, -0.05) is 0 Å². The Bertz CT molecular complexity index is 485. The summed E-state index contributed by atoms with van der Waals surface area (Å²) < 4.78 is 22.5. The summed E-state index contributed by atoms with van der Waals surface area (Å²) in [4.78, 5) is 15.6. The Morgan fingerprint density at radius 2 is 2.06 bits per heavy atom. The van der Waals surface area contributed by atoms with Crippen molar-refractivity contribution in [1.82, 2.24) is 10.3 Å². The molecule has 1 fully saturated rings. The first-order valence-electron chi connectivity index (χ1n) is 5.48. The second kappa shape index (κ2) is 4.83. The fourth-order valence-electron chi connectivity index (χ4n) is 1.80. The minimum atomic E-state index is -2.88. The van der Waals surface area contributed by atoms with Crippen LogP contribution in [0.4, 0.5) is 0 Å². The van der Waals surface area contributed by atoms with Crippen LogP contribution < -0.4 is 5.32 Å². The normalized spacial score (nSPS) is 19.8. The highest BCUT2D eigenvalue weighted by atomic mass is 32.2. The number of hydrogen-bond acceptors (Lipinski definition) is 4. The maximum atomic E-state index is 11.8. The van der Waals surface area contributed by atoms with Crippen molar-refractivity contribution in [3.05, 3.63) is 30.1 Å². The molecule has 1 aliphatic rings. The molecule has 2 rings (SSSR count). The lowest BCUT2D eigenvalue weighted by molar-refractivity contribution is 0.0934. The quantitative estimate of drug-likeness (QED) is 0.828. The topological polar surface area (TPSA) is 76.1 Å². The van der Waals surface area contributed by atoms with E-state index < -0.39 is 9.84 Å². The molecule has 1 aromatic rings. The summed E-state index contributed by atoms with van der Waals surface area (Å²) in [5, 5.41) is 2.83. The van der Waals surface area contributed by atoms with Crippen LogP contribution in [0.15, 0.2) is 24.5 Å². The highest BCUT2D eigenvalue weighted by Crippen LogP contribution is 2.12. The second-order valence-electron chi connectivity index (χ2n) is 4.14. The van der Waals surface area contributed by atoms with Gasteiger partial charge in [-0.3, -0.25) is 9.78 Å². The van der Waals surface area contributed by atoms with Gasteiger partial charge in [0, 0.05) is 18.4 Å². The van der Waals surface area contributed by atoms with Gasteiger partial charge in [0.25, 0.3) is 5.91 Å². The molecule has 92 valence electrons. The van der Waals surface area contributed by atoms with Crippen molar-refractivity contribution >= 4 is 15.7 Å². The van der Waals surface area contributed by atoms with E-state index in [1.807, 2.05) is 0 Å². The fourth-order valence-corrected chi connectivity index (χ4v) is 3.29. The maximum Gasteiger partial charge on any atom is 0.253 e. The van der Waals surface area contributed by atoms with Crippen molar-refractivity contribution in [2.24, 2.45) is 0 Å². The Hall–Kier alpha value is -1.43. The Morgan fingerprint density at radius 1 is 1.35 bits per heavy atom. The largest absolute Gasteiger partial charge is 0.349 e. The van der Waals surface area contributed by atoms with Crippen molar-refractivity contribution in [1.29, 1.82) is 0 Å². The third-order valence-electron chi connectivity index (χ3n) is 2.81. The minimum absolute atomic E-state index is 0.0498. The van der Waals surface area contributed by atoms with Crippen LogP contribution in [-0.4, -0.2) is 36.9 Å². The summed E-state index contributed by atoms with van der Waals surface area (Å²) in [5.74, 6) is 0.123. The molecule has 0 radical (unpaired) electrons. The predicted molar refractivity (Wildman–Crippen MR) is 63.4 cm³/mol. The van der Waals surface area contributed by atoms with Crippen LogP contribution in [0.2, 0.25) is 0 Å². The van der Waals surface area contributed by atoms with Crippen molar-refractivity contribution in [3.63, 3.8) is 0 Å². The van der Waals surface area contributed by atoms with Crippen molar-refractivity contribution in [2.45, 2.75) is 18.9 Å². The van der Waals surface area contributed by atoms with Crippen LogP contribution in [0.5, 0.6) is 0 Å². The number of rotatable bonds is 2. The average molecular weight is 254 g/mol. The van der Waals surface area contributed by atoms with Gasteiger partial charge in [0.1, 0.15) is 9.84 Å². The predicted octanol–water partition coefficient (Wildman–Crippen LogP) is 0.389. The summed E-state index contributed by atoms with van der Waals surface area (Å²) >= 11 is 0. The van der Waals surface area contributed by atoms with Crippen LogP contribution in [-0.2, 0) is 9.84 Å². The summed E-state index contributed by atoms with van der Waals surface area (Å²) in [6.07, 6.45) is 4.08. The highest BCUT2D eigenvalue weighted by molar-refractivity contribution is 7.91. The maximum absolute atomic E-state index is 11.8. The van der Waals surface area contributed by atoms with Crippen LogP contribution in [0.1, 0.15) is 23.2 Å². The zero-order chi connectivity index (χ0) is 12.3. The number of nitrogens with one attached hydrogen (secondary N) is 1. The fraction of sp³-hybridized carbons (Fsp3) is 0.455. The SMILES string of the molecule is O=C(NC1CCS(=O)(=O)CC1)c1cccnc1. The molecule has 1 saturated heterocycles. The molecule has 6 heteroatoms. The molecule has 0 aliphatic carbocycles. The number of hydrogen-bond donors (Lipinski definition) is 1. The third kappa shape index (κ3) is 3.26.